The van der Waals surface area contributed by atoms with Gasteiger partial charge in [-0.2, -0.15) is 0 Å². The van der Waals surface area contributed by atoms with E-state index in [0.29, 0.717) is 25.1 Å². The van der Waals surface area contributed by atoms with Crippen molar-refractivity contribution in [1.29, 1.82) is 0 Å². The maximum Gasteiger partial charge on any atom is 0.347 e. The maximum absolute atomic E-state index is 13.7. The second-order valence-electron chi connectivity index (χ2n) is 14.0. The Balaban J connectivity index is 1.13. The number of thiazole rings is 1. The number of rotatable bonds is 14. The number of hydrogen-bond acceptors (Lipinski definition) is 12. The van der Waals surface area contributed by atoms with Gasteiger partial charge in [-0.05, 0) is 82.1 Å². The molecule has 0 amide bonds. The number of para-hydroxylation sites is 1. The van der Waals surface area contributed by atoms with E-state index in [1.165, 1.54) is 38.5 Å². The number of nitrogens with one attached hydrogen (secondary N) is 2. The van der Waals surface area contributed by atoms with E-state index in [-0.39, 0.29) is 46.3 Å². The zero-order valence-electron chi connectivity index (χ0n) is 31.4. The number of carbonyl (C=O) groups excluding carboxylic acids is 4. The zero-order chi connectivity index (χ0) is 38.6. The molecule has 1 aliphatic heterocycles. The summed E-state index contributed by atoms with van der Waals surface area (Å²) in [5, 5.41) is 7.48. The van der Waals surface area contributed by atoms with E-state index in [1.54, 1.807) is 23.5 Å². The van der Waals surface area contributed by atoms with Crippen LogP contribution >= 0.6 is 11.3 Å². The highest BCUT2D eigenvalue weighted by Crippen LogP contribution is 2.28. The average Bonchev–Trinajstić information content (AvgIpc) is 3.81. The lowest BCUT2D eigenvalue weighted by Crippen LogP contribution is -2.51. The van der Waals surface area contributed by atoms with Crippen LogP contribution < -0.4 is 19.7 Å². The number of ketones is 2. The standard InChI is InChI=1S/C41H45N5O7S/c1-25-24-54-40(44-25)46-17-15-45(16-18-46)26(2)37(48)28-12-13-35(51-5)31(20-28)39(50)53-36-14-11-27(19-32(36)38(49)52-6)34(47)23-43-41(3,4)21-29-22-42-33-10-8-7-9-30(29)33/h7-14,19-20,22,24,26,42-43H,15-18,21,23H2,1-6H3. The molecule has 0 bridgehead atoms. The van der Waals surface area contributed by atoms with Gasteiger partial charge in [0, 0.05) is 65.3 Å². The summed E-state index contributed by atoms with van der Waals surface area (Å²) in [7, 11) is 2.62. The summed E-state index contributed by atoms with van der Waals surface area (Å²) in [5.41, 5.74) is 3.23. The van der Waals surface area contributed by atoms with Gasteiger partial charge in [0.05, 0.1) is 32.5 Å². The summed E-state index contributed by atoms with van der Waals surface area (Å²) < 4.78 is 16.2. The highest BCUT2D eigenvalue weighted by Gasteiger charge is 2.29. The molecule has 1 fully saturated rings. The molecule has 282 valence electrons. The van der Waals surface area contributed by atoms with Crippen molar-refractivity contribution in [3.8, 4) is 11.5 Å². The van der Waals surface area contributed by atoms with E-state index >= 15 is 0 Å². The molecule has 5 aromatic rings. The van der Waals surface area contributed by atoms with Crippen molar-refractivity contribution in [2.24, 2.45) is 0 Å². The SMILES string of the molecule is COC(=O)c1cc(C(=O)CNC(C)(C)Cc2c[nH]c3ccccc23)ccc1OC(=O)c1cc(C(=O)C(C)N2CCN(c3nc(C)cs3)CC2)ccc1OC. The molecule has 0 saturated carbocycles. The summed E-state index contributed by atoms with van der Waals surface area (Å²) >= 11 is 1.62. The molecule has 3 aromatic carbocycles. The minimum atomic E-state index is -0.841. The fraction of sp³-hybridized carbons (Fsp3) is 0.341. The number of H-pyrrole nitrogens is 1. The first kappa shape index (κ1) is 38.4. The van der Waals surface area contributed by atoms with Crippen LogP contribution in [-0.2, 0) is 11.2 Å². The van der Waals surface area contributed by atoms with Gasteiger partial charge in [0.15, 0.2) is 16.7 Å². The average molecular weight is 752 g/mol. The molecule has 1 atom stereocenters. The molecule has 0 spiro atoms. The smallest absolute Gasteiger partial charge is 0.347 e. The lowest BCUT2D eigenvalue weighted by Gasteiger charge is -2.37. The van der Waals surface area contributed by atoms with Gasteiger partial charge < -0.3 is 29.4 Å². The molecule has 0 radical (unpaired) electrons. The lowest BCUT2D eigenvalue weighted by atomic mass is 9.94. The number of piperazine rings is 1. The second-order valence-corrected chi connectivity index (χ2v) is 14.9. The van der Waals surface area contributed by atoms with Gasteiger partial charge in [0.2, 0.25) is 0 Å². The van der Waals surface area contributed by atoms with Crippen molar-refractivity contribution in [3.63, 3.8) is 0 Å². The minimum absolute atomic E-state index is 0.00672. The van der Waals surface area contributed by atoms with Gasteiger partial charge in [0.25, 0.3) is 0 Å². The Morgan fingerprint density at radius 3 is 2.31 bits per heavy atom. The summed E-state index contributed by atoms with van der Waals surface area (Å²) in [6, 6.07) is 16.5. The van der Waals surface area contributed by atoms with Gasteiger partial charge in [-0.1, -0.05) is 18.2 Å². The van der Waals surface area contributed by atoms with Crippen LogP contribution in [0.25, 0.3) is 10.9 Å². The van der Waals surface area contributed by atoms with E-state index in [4.69, 9.17) is 14.2 Å². The minimum Gasteiger partial charge on any atom is -0.496 e. The number of carbonyl (C=O) groups is 4. The molecular formula is C41H45N5O7S. The lowest BCUT2D eigenvalue weighted by molar-refractivity contribution is 0.0592. The third-order valence-electron chi connectivity index (χ3n) is 9.77. The number of nitrogens with zero attached hydrogens (tertiary/aromatic N) is 3. The number of Topliss-reactive ketones (excluding diaryl/α,β-unsaturated/α-hetero) is 2. The van der Waals surface area contributed by atoms with E-state index < -0.39 is 23.5 Å². The number of aromatic amines is 1. The Morgan fingerprint density at radius 2 is 1.61 bits per heavy atom. The molecule has 3 heterocycles. The molecule has 2 aromatic heterocycles. The largest absolute Gasteiger partial charge is 0.496 e. The number of fused-ring (bicyclic) bond motifs is 1. The molecule has 54 heavy (non-hydrogen) atoms. The van der Waals surface area contributed by atoms with E-state index in [0.717, 1.165) is 40.4 Å². The topological polar surface area (TPSA) is 143 Å². The third kappa shape index (κ3) is 8.54. The van der Waals surface area contributed by atoms with E-state index in [1.807, 2.05) is 57.5 Å². The number of aryl methyl sites for hydroxylation is 1. The Hall–Kier alpha value is -5.37. The van der Waals surface area contributed by atoms with Crippen LogP contribution in [0.4, 0.5) is 5.13 Å². The van der Waals surface area contributed by atoms with E-state index in [2.05, 4.69) is 31.2 Å². The van der Waals surface area contributed by atoms with Crippen molar-refractivity contribution >= 4 is 50.9 Å². The number of anilines is 1. The van der Waals surface area contributed by atoms with Crippen LogP contribution in [0.2, 0.25) is 0 Å². The maximum atomic E-state index is 13.7. The Labute approximate surface area is 318 Å². The van der Waals surface area contributed by atoms with Crippen LogP contribution in [0.3, 0.4) is 0 Å². The van der Waals surface area contributed by atoms with E-state index in [9.17, 15) is 19.2 Å². The second kappa shape index (κ2) is 16.3. The molecule has 2 N–H and O–H groups in total. The number of hydrogen-bond donors (Lipinski definition) is 2. The van der Waals surface area contributed by atoms with Gasteiger partial charge in [-0.3, -0.25) is 14.5 Å². The van der Waals surface area contributed by atoms with Crippen LogP contribution in [0.1, 0.15) is 73.5 Å². The highest BCUT2D eigenvalue weighted by atomic mass is 32.1. The van der Waals surface area contributed by atoms with Gasteiger partial charge in [0.1, 0.15) is 22.6 Å². The number of benzene rings is 3. The Bertz CT molecular complexity index is 2180. The number of esters is 2. The number of aromatic nitrogens is 2. The monoisotopic (exact) mass is 751 g/mol. The predicted molar refractivity (Wildman–Crippen MR) is 209 cm³/mol. The summed E-state index contributed by atoms with van der Waals surface area (Å²) in [4.78, 5) is 65.8. The van der Waals surface area contributed by atoms with Crippen LogP contribution in [-0.4, -0.2) is 96.9 Å². The molecular weight excluding hydrogens is 707 g/mol. The van der Waals surface area contributed by atoms with Crippen molar-refractivity contribution in [2.45, 2.75) is 45.7 Å². The third-order valence-corrected chi connectivity index (χ3v) is 10.8. The zero-order valence-corrected chi connectivity index (χ0v) is 32.2. The van der Waals surface area contributed by atoms with Crippen molar-refractivity contribution in [2.75, 3.05) is 51.8 Å². The molecule has 1 unspecified atom stereocenters. The summed E-state index contributed by atoms with van der Waals surface area (Å²) in [6.45, 7) is 10.8. The van der Waals surface area contributed by atoms with Gasteiger partial charge >= 0.3 is 11.9 Å². The van der Waals surface area contributed by atoms with Crippen LogP contribution in [0, 0.1) is 6.92 Å². The fourth-order valence-electron chi connectivity index (χ4n) is 6.67. The highest BCUT2D eigenvalue weighted by molar-refractivity contribution is 7.13. The fourth-order valence-corrected chi connectivity index (χ4v) is 7.53. The quantitative estimate of drug-likeness (QED) is 0.0768. The van der Waals surface area contributed by atoms with Gasteiger partial charge in [-0.25, -0.2) is 14.6 Å². The first-order chi connectivity index (χ1) is 25.9. The van der Waals surface area contributed by atoms with Crippen molar-refractivity contribution in [3.05, 3.63) is 106 Å². The Kier molecular flexibility index (Phi) is 11.6. The molecule has 13 heteroatoms. The summed E-state index contributed by atoms with van der Waals surface area (Å²) in [5.74, 6) is -1.93. The first-order valence-electron chi connectivity index (χ1n) is 17.8. The molecule has 12 nitrogen and oxygen atoms in total. The normalized spacial score (nSPS) is 14.1. The van der Waals surface area contributed by atoms with Crippen molar-refractivity contribution < 1.29 is 33.4 Å². The van der Waals surface area contributed by atoms with Crippen molar-refractivity contribution in [1.82, 2.24) is 20.2 Å². The van der Waals surface area contributed by atoms with Crippen LogP contribution in [0.15, 0.2) is 72.2 Å². The summed E-state index contributed by atoms with van der Waals surface area (Å²) in [6.07, 6.45) is 2.66. The van der Waals surface area contributed by atoms with Crippen LogP contribution in [0.5, 0.6) is 11.5 Å². The first-order valence-corrected chi connectivity index (χ1v) is 18.7. The predicted octanol–water partition coefficient (Wildman–Crippen LogP) is 6.13. The number of ether oxygens (including phenoxy) is 3. The Morgan fingerprint density at radius 1 is 0.926 bits per heavy atom. The molecule has 1 aliphatic rings. The number of methoxy groups -OCH3 is 2. The van der Waals surface area contributed by atoms with Gasteiger partial charge in [-0.15, -0.1) is 11.3 Å². The molecule has 6 rings (SSSR count). The molecule has 0 aliphatic carbocycles. The molecule has 1 saturated heterocycles.